The number of benzene rings is 1. The highest BCUT2D eigenvalue weighted by Gasteiger charge is 2.11. The molecule has 5 nitrogen and oxygen atoms in total. The van der Waals surface area contributed by atoms with Crippen molar-refractivity contribution in [3.63, 3.8) is 0 Å². The van der Waals surface area contributed by atoms with E-state index in [1.165, 1.54) is 11.8 Å². The summed E-state index contributed by atoms with van der Waals surface area (Å²) in [5, 5.41) is 8.75. The molecular formula is C17H13BrN4OS. The Labute approximate surface area is 151 Å². The van der Waals surface area contributed by atoms with Gasteiger partial charge in [-0.2, -0.15) is 0 Å². The van der Waals surface area contributed by atoms with Crippen molar-refractivity contribution < 1.29 is 4.42 Å². The van der Waals surface area contributed by atoms with E-state index in [4.69, 9.17) is 4.42 Å². The Balaban J connectivity index is 1.49. The SMILES string of the molecule is Cc1cccn2cc(CSc3nnc(-c4ccc(Br)cc4)o3)nc12. The highest BCUT2D eigenvalue weighted by Crippen LogP contribution is 2.26. The number of aromatic nitrogens is 4. The van der Waals surface area contributed by atoms with E-state index in [1.807, 2.05) is 47.1 Å². The number of nitrogens with zero attached hydrogens (tertiary/aromatic N) is 4. The van der Waals surface area contributed by atoms with Crippen molar-refractivity contribution in [2.75, 3.05) is 0 Å². The molecular weight excluding hydrogens is 388 g/mol. The van der Waals surface area contributed by atoms with Crippen LogP contribution < -0.4 is 0 Å². The minimum atomic E-state index is 0.524. The van der Waals surface area contributed by atoms with Gasteiger partial charge in [-0.3, -0.25) is 0 Å². The van der Waals surface area contributed by atoms with E-state index in [0.29, 0.717) is 16.9 Å². The van der Waals surface area contributed by atoms with E-state index >= 15 is 0 Å². The first-order valence-corrected chi connectivity index (χ1v) is 9.12. The summed E-state index contributed by atoms with van der Waals surface area (Å²) in [4.78, 5) is 4.65. The zero-order valence-electron chi connectivity index (χ0n) is 12.8. The molecule has 120 valence electrons. The van der Waals surface area contributed by atoms with Crippen molar-refractivity contribution >= 4 is 33.3 Å². The molecule has 0 aliphatic heterocycles. The Morgan fingerprint density at radius 3 is 2.79 bits per heavy atom. The molecule has 0 amide bonds. The summed E-state index contributed by atoms with van der Waals surface area (Å²) in [5.41, 5.74) is 4.02. The van der Waals surface area contributed by atoms with E-state index in [9.17, 15) is 0 Å². The Morgan fingerprint density at radius 2 is 2.00 bits per heavy atom. The van der Waals surface area contributed by atoms with Gasteiger partial charge in [-0.15, -0.1) is 10.2 Å². The molecule has 0 saturated carbocycles. The van der Waals surface area contributed by atoms with Crippen molar-refractivity contribution in [2.24, 2.45) is 0 Å². The lowest BCUT2D eigenvalue weighted by molar-refractivity contribution is 0.466. The Hall–Kier alpha value is -2.12. The minimum Gasteiger partial charge on any atom is -0.411 e. The molecule has 1 aromatic carbocycles. The van der Waals surface area contributed by atoms with Gasteiger partial charge in [0.25, 0.3) is 5.22 Å². The summed E-state index contributed by atoms with van der Waals surface area (Å²) >= 11 is 4.90. The van der Waals surface area contributed by atoms with Crippen LogP contribution >= 0.6 is 27.7 Å². The topological polar surface area (TPSA) is 56.2 Å². The Kier molecular flexibility index (Phi) is 4.12. The molecule has 3 aromatic heterocycles. The summed E-state index contributed by atoms with van der Waals surface area (Å²) in [7, 11) is 0. The highest BCUT2D eigenvalue weighted by atomic mass is 79.9. The maximum Gasteiger partial charge on any atom is 0.277 e. The highest BCUT2D eigenvalue weighted by molar-refractivity contribution is 9.10. The second-order valence-electron chi connectivity index (χ2n) is 5.32. The van der Waals surface area contributed by atoms with Crippen LogP contribution in [0.25, 0.3) is 17.1 Å². The van der Waals surface area contributed by atoms with Crippen molar-refractivity contribution in [2.45, 2.75) is 17.9 Å². The second-order valence-corrected chi connectivity index (χ2v) is 7.17. The molecule has 0 aliphatic carbocycles. The molecule has 7 heteroatoms. The normalized spacial score (nSPS) is 11.2. The summed E-state index contributed by atoms with van der Waals surface area (Å²) in [6, 6.07) is 11.9. The molecule has 4 aromatic rings. The fourth-order valence-corrected chi connectivity index (χ4v) is 3.30. The number of pyridine rings is 1. The molecule has 0 unspecified atom stereocenters. The van der Waals surface area contributed by atoms with E-state index < -0.39 is 0 Å². The average Bonchev–Trinajstić information content (AvgIpc) is 3.21. The Morgan fingerprint density at radius 1 is 1.17 bits per heavy atom. The van der Waals surface area contributed by atoms with Gasteiger partial charge in [-0.05, 0) is 42.8 Å². The molecule has 0 radical (unpaired) electrons. The van der Waals surface area contributed by atoms with Gasteiger partial charge in [0, 0.05) is 28.2 Å². The van der Waals surface area contributed by atoms with Crippen LogP contribution in [0.15, 0.2) is 62.9 Å². The monoisotopic (exact) mass is 400 g/mol. The molecule has 0 aliphatic rings. The quantitative estimate of drug-likeness (QED) is 0.462. The summed E-state index contributed by atoms with van der Waals surface area (Å²) < 4.78 is 8.77. The number of hydrogen-bond donors (Lipinski definition) is 0. The number of aryl methyl sites for hydroxylation is 1. The third-order valence-electron chi connectivity index (χ3n) is 3.57. The number of hydrogen-bond acceptors (Lipinski definition) is 5. The second kappa shape index (κ2) is 6.41. The van der Waals surface area contributed by atoms with Gasteiger partial charge in [0.15, 0.2) is 0 Å². The molecule has 24 heavy (non-hydrogen) atoms. The Bertz CT molecular complexity index is 993. The van der Waals surface area contributed by atoms with Crippen molar-refractivity contribution in [3.05, 3.63) is 64.5 Å². The molecule has 0 saturated heterocycles. The average molecular weight is 401 g/mol. The summed E-state index contributed by atoms with van der Waals surface area (Å²) in [6.07, 6.45) is 4.03. The lowest BCUT2D eigenvalue weighted by Crippen LogP contribution is -1.84. The zero-order chi connectivity index (χ0) is 16.5. The van der Waals surface area contributed by atoms with Crippen LogP contribution in [0.3, 0.4) is 0 Å². The fraction of sp³-hybridized carbons (Fsp3) is 0.118. The van der Waals surface area contributed by atoms with Gasteiger partial charge >= 0.3 is 0 Å². The zero-order valence-corrected chi connectivity index (χ0v) is 15.2. The van der Waals surface area contributed by atoms with Gasteiger partial charge in [0.2, 0.25) is 5.89 Å². The van der Waals surface area contributed by atoms with E-state index in [0.717, 1.165) is 26.9 Å². The smallest absolute Gasteiger partial charge is 0.277 e. The maximum atomic E-state index is 5.72. The molecule has 0 N–H and O–H groups in total. The lowest BCUT2D eigenvalue weighted by Gasteiger charge is -1.94. The van der Waals surface area contributed by atoms with E-state index in [1.54, 1.807) is 0 Å². The molecule has 0 bridgehead atoms. The third kappa shape index (κ3) is 3.09. The summed E-state index contributed by atoms with van der Waals surface area (Å²) in [6.45, 7) is 2.06. The molecule has 0 atom stereocenters. The minimum absolute atomic E-state index is 0.524. The summed E-state index contributed by atoms with van der Waals surface area (Å²) in [5.74, 6) is 1.21. The van der Waals surface area contributed by atoms with Gasteiger partial charge in [0.1, 0.15) is 5.65 Å². The fourth-order valence-electron chi connectivity index (χ4n) is 2.39. The predicted octanol–water partition coefficient (Wildman–Crippen LogP) is 4.75. The molecule has 4 rings (SSSR count). The first-order valence-electron chi connectivity index (χ1n) is 7.34. The van der Waals surface area contributed by atoms with Crippen LogP contribution in [0, 0.1) is 6.92 Å². The predicted molar refractivity (Wildman–Crippen MR) is 96.9 cm³/mol. The number of halogens is 1. The number of fused-ring (bicyclic) bond motifs is 1. The van der Waals surface area contributed by atoms with Crippen molar-refractivity contribution in [1.82, 2.24) is 19.6 Å². The van der Waals surface area contributed by atoms with Crippen molar-refractivity contribution in [3.8, 4) is 11.5 Å². The lowest BCUT2D eigenvalue weighted by atomic mass is 10.2. The maximum absolute atomic E-state index is 5.72. The van der Waals surface area contributed by atoms with E-state index in [2.05, 4.69) is 44.1 Å². The number of imidazole rings is 1. The molecule has 0 spiro atoms. The van der Waals surface area contributed by atoms with Gasteiger partial charge in [0.05, 0.1) is 5.69 Å². The van der Waals surface area contributed by atoms with Crippen LogP contribution in [0.5, 0.6) is 0 Å². The van der Waals surface area contributed by atoms with Crippen LogP contribution in [-0.4, -0.2) is 19.6 Å². The third-order valence-corrected chi connectivity index (χ3v) is 4.95. The van der Waals surface area contributed by atoms with Crippen LogP contribution in [0.4, 0.5) is 0 Å². The van der Waals surface area contributed by atoms with Gasteiger partial charge in [-0.1, -0.05) is 33.8 Å². The van der Waals surface area contributed by atoms with Gasteiger partial charge in [-0.25, -0.2) is 4.98 Å². The standard InChI is InChI=1S/C17H13BrN4OS/c1-11-3-2-8-22-9-14(19-15(11)22)10-24-17-21-20-16(23-17)12-4-6-13(18)7-5-12/h2-9H,10H2,1H3. The largest absolute Gasteiger partial charge is 0.411 e. The first-order chi connectivity index (χ1) is 11.7. The van der Waals surface area contributed by atoms with Crippen molar-refractivity contribution in [1.29, 1.82) is 0 Å². The van der Waals surface area contributed by atoms with Crippen LogP contribution in [0.2, 0.25) is 0 Å². The number of rotatable bonds is 4. The van der Waals surface area contributed by atoms with Crippen LogP contribution in [0.1, 0.15) is 11.3 Å². The molecule has 0 fully saturated rings. The van der Waals surface area contributed by atoms with Gasteiger partial charge < -0.3 is 8.82 Å². The number of thioether (sulfide) groups is 1. The first kappa shape index (κ1) is 15.4. The van der Waals surface area contributed by atoms with Crippen LogP contribution in [-0.2, 0) is 5.75 Å². The van der Waals surface area contributed by atoms with E-state index in [-0.39, 0.29) is 0 Å². The molecule has 3 heterocycles.